The minimum Gasteiger partial charge on any atom is -0.404 e. The number of hydrogen-bond donors (Lipinski definition) is 2. The van der Waals surface area contributed by atoms with Gasteiger partial charge < -0.3 is 14.3 Å². The second-order valence-corrected chi connectivity index (χ2v) is 8.93. The second kappa shape index (κ2) is 9.45. The van der Waals surface area contributed by atoms with Crippen LogP contribution in [0.3, 0.4) is 0 Å². The van der Waals surface area contributed by atoms with E-state index in [2.05, 4.69) is 15.3 Å². The van der Waals surface area contributed by atoms with Crippen LogP contribution in [0.25, 0.3) is 44.6 Å². The summed E-state index contributed by atoms with van der Waals surface area (Å²) in [6, 6.07) is 20.4. The van der Waals surface area contributed by atoms with E-state index in [0.29, 0.717) is 33.3 Å². The Kier molecular flexibility index (Phi) is 5.82. The lowest BCUT2D eigenvalue weighted by atomic mass is 10.0. The van der Waals surface area contributed by atoms with Crippen LogP contribution in [0.1, 0.15) is 0 Å². The van der Waals surface area contributed by atoms with Crippen molar-refractivity contribution < 1.29 is 9.53 Å². The summed E-state index contributed by atoms with van der Waals surface area (Å²) in [6.45, 7) is 0. The van der Waals surface area contributed by atoms with Crippen molar-refractivity contribution in [1.29, 1.82) is 0 Å². The van der Waals surface area contributed by atoms with E-state index in [1.165, 1.54) is 6.20 Å². The minimum absolute atomic E-state index is 0.0197. The molecule has 0 bridgehead atoms. The number of halogens is 1. The highest BCUT2D eigenvalue weighted by Gasteiger charge is 2.19. The van der Waals surface area contributed by atoms with Crippen molar-refractivity contribution in [2.75, 3.05) is 5.32 Å². The van der Waals surface area contributed by atoms with E-state index in [9.17, 15) is 9.59 Å². The molecule has 6 rings (SSSR count). The summed E-state index contributed by atoms with van der Waals surface area (Å²) in [5.74, 6) is 0.308. The van der Waals surface area contributed by atoms with Crippen molar-refractivity contribution in [2.45, 2.75) is 0 Å². The standard InChI is InChI=1S/C28H19ClN6O3/c1-35-12-6-10-21(35)32-28(37)38-20-15-31-27-25(26(20)36)33-24(23(34-27)16-7-3-2-4-8-16)18-13-17-9-5-11-30-22(17)19(29)14-18/h2-15H,1H3,(H,32,37)(H,31,34,36). The highest BCUT2D eigenvalue weighted by atomic mass is 35.5. The Bertz CT molecular complexity index is 1900. The van der Waals surface area contributed by atoms with Crippen LogP contribution in [0.15, 0.2) is 90.1 Å². The number of aromatic nitrogens is 5. The smallest absolute Gasteiger partial charge is 0.404 e. The van der Waals surface area contributed by atoms with E-state index in [4.69, 9.17) is 26.3 Å². The molecule has 0 saturated carbocycles. The molecule has 4 aromatic heterocycles. The van der Waals surface area contributed by atoms with Gasteiger partial charge >= 0.3 is 6.09 Å². The van der Waals surface area contributed by atoms with Crippen LogP contribution < -0.4 is 15.5 Å². The number of amides is 1. The van der Waals surface area contributed by atoms with Crippen LogP contribution in [0.5, 0.6) is 5.75 Å². The van der Waals surface area contributed by atoms with Gasteiger partial charge in [0.15, 0.2) is 16.9 Å². The maximum absolute atomic E-state index is 13.4. The summed E-state index contributed by atoms with van der Waals surface area (Å²) in [4.78, 5) is 42.6. The van der Waals surface area contributed by atoms with Gasteiger partial charge in [-0.3, -0.25) is 15.1 Å². The van der Waals surface area contributed by atoms with Gasteiger partial charge in [0.2, 0.25) is 0 Å². The number of fused-ring (bicyclic) bond motifs is 2. The summed E-state index contributed by atoms with van der Waals surface area (Å²) in [7, 11) is 1.77. The maximum Gasteiger partial charge on any atom is 0.418 e. The quantitative estimate of drug-likeness (QED) is 0.302. The largest absolute Gasteiger partial charge is 0.418 e. The number of anilines is 1. The van der Waals surface area contributed by atoms with Gasteiger partial charge in [-0.1, -0.05) is 48.0 Å². The van der Waals surface area contributed by atoms with Crippen molar-refractivity contribution in [1.82, 2.24) is 24.5 Å². The molecule has 0 atom stereocenters. The van der Waals surface area contributed by atoms with E-state index in [1.54, 1.807) is 42.2 Å². The number of hydrogen-bond acceptors (Lipinski definition) is 6. The fourth-order valence-electron chi connectivity index (χ4n) is 4.19. The third kappa shape index (κ3) is 4.25. The highest BCUT2D eigenvalue weighted by Crippen LogP contribution is 2.34. The SMILES string of the molecule is Cn1cccc1NC(=O)Oc1c[nH]c2nc(-c3ccccc3)c(-c3cc(Cl)c4ncccc4c3)nc2c1=O. The number of benzene rings is 2. The Morgan fingerprint density at radius 1 is 0.974 bits per heavy atom. The van der Waals surface area contributed by atoms with Crippen LogP contribution >= 0.6 is 11.6 Å². The zero-order chi connectivity index (χ0) is 26.2. The molecule has 1 amide bonds. The number of carbonyl (C=O) groups is 1. The van der Waals surface area contributed by atoms with Crippen molar-refractivity contribution in [3.05, 3.63) is 101 Å². The molecule has 0 aliphatic heterocycles. The molecule has 10 heteroatoms. The molecule has 38 heavy (non-hydrogen) atoms. The molecule has 0 radical (unpaired) electrons. The van der Waals surface area contributed by atoms with Crippen LogP contribution in [-0.4, -0.2) is 30.6 Å². The third-order valence-corrected chi connectivity index (χ3v) is 6.32. The summed E-state index contributed by atoms with van der Waals surface area (Å²) >= 11 is 6.57. The normalized spacial score (nSPS) is 11.1. The number of ether oxygens (including phenoxy) is 1. The molecule has 2 N–H and O–H groups in total. The average molecular weight is 523 g/mol. The Balaban J connectivity index is 1.50. The first kappa shape index (κ1) is 23.4. The first-order valence-electron chi connectivity index (χ1n) is 11.6. The van der Waals surface area contributed by atoms with Crippen molar-refractivity contribution in [2.24, 2.45) is 7.05 Å². The minimum atomic E-state index is -0.806. The molecular formula is C28H19ClN6O3. The molecule has 9 nitrogen and oxygen atoms in total. The lowest BCUT2D eigenvalue weighted by molar-refractivity contribution is 0.214. The topological polar surface area (TPSA) is 115 Å². The summed E-state index contributed by atoms with van der Waals surface area (Å²) in [6.07, 6.45) is 3.94. The molecule has 0 saturated heterocycles. The number of pyridine rings is 2. The number of H-pyrrole nitrogens is 1. The van der Waals surface area contributed by atoms with Crippen LogP contribution in [0, 0.1) is 0 Å². The van der Waals surface area contributed by atoms with Gasteiger partial charge in [0, 0.05) is 36.0 Å². The number of nitrogens with one attached hydrogen (secondary N) is 2. The van der Waals surface area contributed by atoms with Gasteiger partial charge in [-0.05, 0) is 30.3 Å². The molecule has 0 fully saturated rings. The van der Waals surface area contributed by atoms with Gasteiger partial charge in [-0.2, -0.15) is 0 Å². The van der Waals surface area contributed by atoms with Gasteiger partial charge in [0.1, 0.15) is 5.82 Å². The Hall–Kier alpha value is -5.02. The van der Waals surface area contributed by atoms with Crippen molar-refractivity contribution in [3.8, 4) is 28.3 Å². The molecule has 0 aliphatic rings. The average Bonchev–Trinajstić information content (AvgIpc) is 3.34. The third-order valence-electron chi connectivity index (χ3n) is 6.03. The fraction of sp³-hybridized carbons (Fsp3) is 0.0357. The van der Waals surface area contributed by atoms with Crippen LogP contribution in [-0.2, 0) is 7.05 Å². The van der Waals surface area contributed by atoms with E-state index in [-0.39, 0.29) is 16.9 Å². The Labute approximate surface area is 220 Å². The number of aryl methyl sites for hydroxylation is 1. The predicted octanol–water partition coefficient (Wildman–Crippen LogP) is 5.80. The second-order valence-electron chi connectivity index (χ2n) is 8.52. The predicted molar refractivity (Wildman–Crippen MR) is 146 cm³/mol. The molecule has 2 aromatic carbocycles. The summed E-state index contributed by atoms with van der Waals surface area (Å²) in [5, 5.41) is 3.86. The number of carbonyl (C=O) groups excluding carboxylic acids is 1. The van der Waals surface area contributed by atoms with E-state index < -0.39 is 11.5 Å². The van der Waals surface area contributed by atoms with Gasteiger partial charge in [-0.25, -0.2) is 14.8 Å². The van der Waals surface area contributed by atoms with E-state index >= 15 is 0 Å². The van der Waals surface area contributed by atoms with Gasteiger partial charge in [-0.15, -0.1) is 0 Å². The highest BCUT2D eigenvalue weighted by molar-refractivity contribution is 6.35. The Morgan fingerprint density at radius 2 is 1.79 bits per heavy atom. The molecule has 186 valence electrons. The zero-order valence-electron chi connectivity index (χ0n) is 20.0. The van der Waals surface area contributed by atoms with Crippen LogP contribution in [0.4, 0.5) is 10.6 Å². The van der Waals surface area contributed by atoms with Crippen molar-refractivity contribution in [3.63, 3.8) is 0 Å². The van der Waals surface area contributed by atoms with Crippen molar-refractivity contribution >= 4 is 45.6 Å². The number of rotatable bonds is 4. The molecule has 0 unspecified atom stereocenters. The summed E-state index contributed by atoms with van der Waals surface area (Å²) < 4.78 is 7.02. The van der Waals surface area contributed by atoms with E-state index in [0.717, 1.165) is 10.9 Å². The maximum atomic E-state index is 13.4. The number of aromatic amines is 1. The molecular weight excluding hydrogens is 504 g/mol. The lowest BCUT2D eigenvalue weighted by Crippen LogP contribution is -2.22. The van der Waals surface area contributed by atoms with Gasteiger partial charge in [0.05, 0.1) is 28.1 Å². The molecule has 4 heterocycles. The van der Waals surface area contributed by atoms with Gasteiger partial charge in [0.25, 0.3) is 5.43 Å². The zero-order valence-corrected chi connectivity index (χ0v) is 20.7. The monoisotopic (exact) mass is 522 g/mol. The first-order chi connectivity index (χ1) is 18.5. The van der Waals surface area contributed by atoms with E-state index in [1.807, 2.05) is 48.5 Å². The summed E-state index contributed by atoms with van der Waals surface area (Å²) in [5.41, 5.74) is 2.83. The molecule has 0 aliphatic carbocycles. The first-order valence-corrected chi connectivity index (χ1v) is 12.0. The fourth-order valence-corrected chi connectivity index (χ4v) is 4.47. The molecule has 6 aromatic rings. The number of nitrogens with zero attached hydrogens (tertiary/aromatic N) is 4. The Morgan fingerprint density at radius 3 is 2.58 bits per heavy atom. The lowest BCUT2D eigenvalue weighted by Gasteiger charge is -2.12. The molecule has 0 spiro atoms. The van der Waals surface area contributed by atoms with Crippen LogP contribution in [0.2, 0.25) is 5.02 Å².